The van der Waals surface area contributed by atoms with Crippen molar-refractivity contribution < 1.29 is 9.53 Å². The quantitative estimate of drug-likeness (QED) is 0.534. The fourth-order valence-corrected chi connectivity index (χ4v) is 3.56. The molecule has 0 unspecified atom stereocenters. The fraction of sp³-hybridized carbons (Fsp3) is 0.368. The lowest BCUT2D eigenvalue weighted by Gasteiger charge is -2.17. The van der Waals surface area contributed by atoms with Crippen molar-refractivity contribution in [3.05, 3.63) is 51.8 Å². The van der Waals surface area contributed by atoms with Gasteiger partial charge in [-0.25, -0.2) is 0 Å². The van der Waals surface area contributed by atoms with Crippen LogP contribution in [-0.2, 0) is 11.3 Å². The number of benzene rings is 1. The van der Waals surface area contributed by atoms with Crippen molar-refractivity contribution in [3.63, 3.8) is 0 Å². The van der Waals surface area contributed by atoms with Crippen LogP contribution in [0.2, 0.25) is 0 Å². The molecule has 0 aliphatic carbocycles. The second-order valence-corrected chi connectivity index (χ2v) is 7.45. The number of Topliss-reactive ketones (excluding diaryl/α,β-unsaturated/α-hetero) is 1. The molecule has 0 aliphatic heterocycles. The predicted molar refractivity (Wildman–Crippen MR) is 106 cm³/mol. The fourth-order valence-electron chi connectivity index (χ4n) is 3.29. The van der Waals surface area contributed by atoms with Gasteiger partial charge in [-0.3, -0.25) is 4.79 Å². The van der Waals surface area contributed by atoms with E-state index in [4.69, 9.17) is 4.74 Å². The molecule has 3 rings (SSSR count). The number of rotatable bonds is 7. The van der Waals surface area contributed by atoms with Gasteiger partial charge < -0.3 is 9.30 Å². The molecule has 2 heterocycles. The van der Waals surface area contributed by atoms with Crippen LogP contribution in [0.25, 0.3) is 11.4 Å². The third-order valence-corrected chi connectivity index (χ3v) is 5.00. The number of carbonyl (C=O) groups is 1. The topological polar surface area (TPSA) is 74.8 Å². The Morgan fingerprint density at radius 1 is 1.26 bits per heavy atom. The van der Waals surface area contributed by atoms with E-state index in [1.54, 1.807) is 7.11 Å². The van der Waals surface area contributed by atoms with E-state index in [9.17, 15) is 4.79 Å². The first kappa shape index (κ1) is 19.4. The molecule has 2 aromatic heterocycles. The summed E-state index contributed by atoms with van der Waals surface area (Å²) in [5.74, 6) is 0.452. The number of nitrogens with zero attached hydrogens (tertiary/aromatic N) is 5. The number of hydrogen-bond acceptors (Lipinski definition) is 5. The van der Waals surface area contributed by atoms with Gasteiger partial charge in [0.1, 0.15) is 6.54 Å². The van der Waals surface area contributed by atoms with Crippen molar-refractivity contribution >= 4 is 21.7 Å². The summed E-state index contributed by atoms with van der Waals surface area (Å²) in [6, 6.07) is 9.70. The van der Waals surface area contributed by atoms with E-state index in [2.05, 4.69) is 42.8 Å². The van der Waals surface area contributed by atoms with Gasteiger partial charge in [0.25, 0.3) is 0 Å². The molecule has 0 radical (unpaired) electrons. The second-order valence-electron chi connectivity index (χ2n) is 6.53. The van der Waals surface area contributed by atoms with Gasteiger partial charge in [0.15, 0.2) is 5.78 Å². The van der Waals surface area contributed by atoms with E-state index < -0.39 is 0 Å². The number of ketones is 1. The van der Waals surface area contributed by atoms with Gasteiger partial charge in [-0.1, -0.05) is 15.9 Å². The van der Waals surface area contributed by atoms with Crippen LogP contribution in [0.4, 0.5) is 0 Å². The number of hydrogen-bond donors (Lipinski definition) is 0. The summed E-state index contributed by atoms with van der Waals surface area (Å²) in [6.45, 7) is 6.66. The molecule has 7 nitrogen and oxygen atoms in total. The Morgan fingerprint density at radius 3 is 2.63 bits per heavy atom. The largest absolute Gasteiger partial charge is 0.383 e. The summed E-state index contributed by atoms with van der Waals surface area (Å²) < 4.78 is 8.35. The van der Waals surface area contributed by atoms with Crippen molar-refractivity contribution in [2.45, 2.75) is 33.4 Å². The Bertz CT molecular complexity index is 946. The summed E-state index contributed by atoms with van der Waals surface area (Å²) in [6.07, 6.45) is 0. The van der Waals surface area contributed by atoms with Gasteiger partial charge in [-0.05, 0) is 56.3 Å². The lowest BCUT2D eigenvalue weighted by atomic mass is 10.1. The highest BCUT2D eigenvalue weighted by atomic mass is 79.9. The average Bonchev–Trinajstić information content (AvgIpc) is 3.20. The van der Waals surface area contributed by atoms with Gasteiger partial charge >= 0.3 is 0 Å². The molecule has 0 fully saturated rings. The monoisotopic (exact) mass is 431 g/mol. The number of tetrazole rings is 1. The van der Waals surface area contributed by atoms with Crippen LogP contribution in [0.3, 0.4) is 0 Å². The van der Waals surface area contributed by atoms with Gasteiger partial charge in [-0.15, -0.1) is 10.2 Å². The van der Waals surface area contributed by atoms with Crippen molar-refractivity contribution in [3.8, 4) is 11.4 Å². The number of ether oxygens (including phenoxy) is 1. The minimum atomic E-state index is -0.0428. The summed E-state index contributed by atoms with van der Waals surface area (Å²) in [4.78, 5) is 14.1. The maximum atomic E-state index is 12.8. The zero-order valence-corrected chi connectivity index (χ0v) is 17.4. The third kappa shape index (κ3) is 4.17. The van der Waals surface area contributed by atoms with Crippen LogP contribution in [0.1, 0.15) is 34.7 Å². The normalized spacial score (nSPS) is 12.3. The van der Waals surface area contributed by atoms with E-state index >= 15 is 0 Å². The van der Waals surface area contributed by atoms with Crippen LogP contribution in [0.15, 0.2) is 34.8 Å². The third-order valence-electron chi connectivity index (χ3n) is 4.47. The average molecular weight is 432 g/mol. The maximum absolute atomic E-state index is 12.8. The number of aryl methyl sites for hydroxylation is 1. The molecule has 0 bridgehead atoms. The number of carbonyl (C=O) groups excluding carboxylic acids is 1. The molecular formula is C19H22BrN5O2. The summed E-state index contributed by atoms with van der Waals surface area (Å²) in [7, 11) is 1.68. The minimum absolute atomic E-state index is 0.0428. The van der Waals surface area contributed by atoms with E-state index in [-0.39, 0.29) is 18.4 Å². The molecule has 0 saturated carbocycles. The predicted octanol–water partition coefficient (Wildman–Crippen LogP) is 3.61. The smallest absolute Gasteiger partial charge is 0.204 e. The Kier molecular flexibility index (Phi) is 5.86. The maximum Gasteiger partial charge on any atom is 0.204 e. The molecule has 0 aliphatic rings. The molecule has 8 heteroatoms. The molecule has 0 N–H and O–H groups in total. The molecule has 0 spiro atoms. The Hall–Kier alpha value is -2.32. The highest BCUT2D eigenvalue weighted by Gasteiger charge is 2.20. The molecule has 27 heavy (non-hydrogen) atoms. The molecule has 1 atom stereocenters. The number of halogens is 1. The van der Waals surface area contributed by atoms with Crippen LogP contribution >= 0.6 is 15.9 Å². The van der Waals surface area contributed by atoms with E-state index in [0.29, 0.717) is 18.0 Å². The summed E-state index contributed by atoms with van der Waals surface area (Å²) in [5, 5.41) is 12.4. The van der Waals surface area contributed by atoms with Crippen LogP contribution in [-0.4, -0.2) is 44.3 Å². The Balaban J connectivity index is 1.78. The molecule has 1 aromatic carbocycles. The van der Waals surface area contributed by atoms with Crippen LogP contribution in [0, 0.1) is 13.8 Å². The first-order valence-electron chi connectivity index (χ1n) is 8.65. The van der Waals surface area contributed by atoms with Gasteiger partial charge in [0, 0.05) is 34.1 Å². The number of aromatic nitrogens is 5. The van der Waals surface area contributed by atoms with Gasteiger partial charge in [-0.2, -0.15) is 4.80 Å². The van der Waals surface area contributed by atoms with Crippen molar-refractivity contribution in [2.75, 3.05) is 13.7 Å². The zero-order chi connectivity index (χ0) is 19.6. The standard InChI is InChI=1S/C19H22BrN5O2/c1-12-9-17(14(3)25(12)13(2)11-27-4)18(26)10-24-22-19(21-23-24)15-5-7-16(20)8-6-15/h5-9,13H,10-11H2,1-4H3/t13-/m1/s1. The second kappa shape index (κ2) is 8.14. The lowest BCUT2D eigenvalue weighted by Crippen LogP contribution is -2.16. The molecular weight excluding hydrogens is 410 g/mol. The van der Waals surface area contributed by atoms with Gasteiger partial charge in [0.2, 0.25) is 5.82 Å². The van der Waals surface area contributed by atoms with Crippen molar-refractivity contribution in [1.29, 1.82) is 0 Å². The van der Waals surface area contributed by atoms with Gasteiger partial charge in [0.05, 0.1) is 12.6 Å². The van der Waals surface area contributed by atoms with E-state index in [1.165, 1.54) is 4.80 Å². The SMILES string of the molecule is COC[C@@H](C)n1c(C)cc(C(=O)Cn2nnc(-c3ccc(Br)cc3)n2)c1C. The molecule has 0 amide bonds. The highest BCUT2D eigenvalue weighted by Crippen LogP contribution is 2.22. The molecule has 142 valence electrons. The summed E-state index contributed by atoms with van der Waals surface area (Å²) in [5.41, 5.74) is 3.49. The van der Waals surface area contributed by atoms with Crippen LogP contribution < -0.4 is 0 Å². The highest BCUT2D eigenvalue weighted by molar-refractivity contribution is 9.10. The Morgan fingerprint density at radius 2 is 1.96 bits per heavy atom. The van der Waals surface area contributed by atoms with Crippen LogP contribution in [0.5, 0.6) is 0 Å². The molecule has 3 aromatic rings. The molecule has 0 saturated heterocycles. The number of methoxy groups -OCH3 is 1. The minimum Gasteiger partial charge on any atom is -0.383 e. The van der Waals surface area contributed by atoms with E-state index in [1.807, 2.05) is 44.2 Å². The zero-order valence-electron chi connectivity index (χ0n) is 15.8. The Labute approximate surface area is 166 Å². The summed E-state index contributed by atoms with van der Waals surface area (Å²) >= 11 is 3.40. The lowest BCUT2D eigenvalue weighted by molar-refractivity contribution is 0.0960. The van der Waals surface area contributed by atoms with Crippen molar-refractivity contribution in [1.82, 2.24) is 24.8 Å². The van der Waals surface area contributed by atoms with E-state index in [0.717, 1.165) is 21.4 Å². The van der Waals surface area contributed by atoms with Crippen molar-refractivity contribution in [2.24, 2.45) is 0 Å². The first-order valence-corrected chi connectivity index (χ1v) is 9.44. The first-order chi connectivity index (χ1) is 12.9.